The summed E-state index contributed by atoms with van der Waals surface area (Å²) in [5, 5.41) is 10.9. The summed E-state index contributed by atoms with van der Waals surface area (Å²) in [6.45, 7) is 8.75. The van der Waals surface area contributed by atoms with E-state index in [2.05, 4.69) is 18.8 Å². The van der Waals surface area contributed by atoms with E-state index >= 15 is 0 Å². The van der Waals surface area contributed by atoms with E-state index in [9.17, 15) is 14.7 Å². The van der Waals surface area contributed by atoms with Crippen molar-refractivity contribution in [3.63, 3.8) is 0 Å². The number of aromatic nitrogens is 2. The number of carboxylic acids is 1. The van der Waals surface area contributed by atoms with Crippen molar-refractivity contribution in [3.8, 4) is 0 Å². The first-order valence-corrected chi connectivity index (χ1v) is 7.96. The maximum atomic E-state index is 12.7. The number of carboxylic acid groups (broad SMARTS) is 1. The Morgan fingerprint density at radius 2 is 2.05 bits per heavy atom. The molecule has 0 aliphatic carbocycles. The highest BCUT2D eigenvalue weighted by atomic mass is 32.1. The van der Waals surface area contributed by atoms with E-state index in [-0.39, 0.29) is 22.4 Å². The lowest BCUT2D eigenvalue weighted by Crippen LogP contribution is -2.27. The molecule has 0 aliphatic rings. The molecule has 0 radical (unpaired) electrons. The fourth-order valence-corrected chi connectivity index (χ4v) is 3.15. The summed E-state index contributed by atoms with van der Waals surface area (Å²) in [7, 11) is 0. The monoisotopic (exact) mass is 308 g/mol. The van der Waals surface area contributed by atoms with Crippen molar-refractivity contribution in [2.75, 3.05) is 0 Å². The maximum Gasteiger partial charge on any atom is 0.337 e. The summed E-state index contributed by atoms with van der Waals surface area (Å²) in [6, 6.07) is 0. The van der Waals surface area contributed by atoms with Crippen molar-refractivity contribution in [3.05, 3.63) is 27.1 Å². The van der Waals surface area contributed by atoms with Crippen molar-refractivity contribution < 1.29 is 9.90 Å². The molecule has 2 aromatic heterocycles. The molecule has 0 aromatic carbocycles. The van der Waals surface area contributed by atoms with Crippen LogP contribution in [0.4, 0.5) is 0 Å². The molecule has 0 fully saturated rings. The summed E-state index contributed by atoms with van der Waals surface area (Å²) in [5.41, 5.74) is -0.177. The fourth-order valence-electron chi connectivity index (χ4n) is 2.24. The van der Waals surface area contributed by atoms with Crippen LogP contribution in [0.15, 0.2) is 10.2 Å². The van der Waals surface area contributed by atoms with Gasteiger partial charge in [0.2, 0.25) is 0 Å². The Kier molecular flexibility index (Phi) is 4.46. The normalized spacial score (nSPS) is 11.7. The van der Waals surface area contributed by atoms with Crippen LogP contribution in [0.3, 0.4) is 0 Å². The van der Waals surface area contributed by atoms with E-state index in [0.717, 1.165) is 12.2 Å². The highest BCUT2D eigenvalue weighted by Gasteiger charge is 2.20. The standard InChI is InChI=1S/C15H20N2O3S/c1-8(2)5-6-17-12(9(3)4)16-13-11(14(17)18)10(7-21-13)15(19)20/h7-9H,5-6H2,1-4H3,(H,19,20). The van der Waals surface area contributed by atoms with Gasteiger partial charge in [0.15, 0.2) is 0 Å². The zero-order valence-corrected chi connectivity index (χ0v) is 13.5. The molecule has 0 bridgehead atoms. The van der Waals surface area contributed by atoms with Crippen LogP contribution >= 0.6 is 11.3 Å². The van der Waals surface area contributed by atoms with Gasteiger partial charge < -0.3 is 5.11 Å². The fraction of sp³-hybridized carbons (Fsp3) is 0.533. The van der Waals surface area contributed by atoms with Gasteiger partial charge in [-0.05, 0) is 12.3 Å². The van der Waals surface area contributed by atoms with Gasteiger partial charge >= 0.3 is 5.97 Å². The number of hydrogen-bond acceptors (Lipinski definition) is 4. The molecular formula is C15H20N2O3S. The van der Waals surface area contributed by atoms with Gasteiger partial charge in [0.05, 0.1) is 10.9 Å². The summed E-state index contributed by atoms with van der Waals surface area (Å²) in [5.74, 6) is 0.235. The van der Waals surface area contributed by atoms with Crippen molar-refractivity contribution in [2.24, 2.45) is 5.92 Å². The van der Waals surface area contributed by atoms with Crippen molar-refractivity contribution in [1.82, 2.24) is 9.55 Å². The van der Waals surface area contributed by atoms with Crippen LogP contribution < -0.4 is 5.56 Å². The Morgan fingerprint density at radius 1 is 1.38 bits per heavy atom. The van der Waals surface area contributed by atoms with Crippen molar-refractivity contribution in [2.45, 2.75) is 46.6 Å². The van der Waals surface area contributed by atoms with Gasteiger partial charge in [-0.2, -0.15) is 0 Å². The summed E-state index contributed by atoms with van der Waals surface area (Å²) < 4.78 is 1.64. The molecule has 0 unspecified atom stereocenters. The van der Waals surface area contributed by atoms with Crippen LogP contribution in [-0.4, -0.2) is 20.6 Å². The molecule has 6 heteroatoms. The highest BCUT2D eigenvalue weighted by molar-refractivity contribution is 7.17. The number of hydrogen-bond donors (Lipinski definition) is 1. The third-order valence-electron chi connectivity index (χ3n) is 3.40. The average Bonchev–Trinajstić information content (AvgIpc) is 2.81. The van der Waals surface area contributed by atoms with Gasteiger partial charge in [0.1, 0.15) is 10.7 Å². The molecule has 0 atom stereocenters. The summed E-state index contributed by atoms with van der Waals surface area (Å²) in [6.07, 6.45) is 0.860. The molecule has 2 heterocycles. The lowest BCUT2D eigenvalue weighted by atomic mass is 10.1. The Morgan fingerprint density at radius 3 is 2.57 bits per heavy atom. The van der Waals surface area contributed by atoms with Gasteiger partial charge in [-0.25, -0.2) is 9.78 Å². The number of nitrogens with zero attached hydrogens (tertiary/aromatic N) is 2. The Hall–Kier alpha value is -1.69. The third-order valence-corrected chi connectivity index (χ3v) is 4.27. The molecule has 2 rings (SSSR count). The molecule has 0 saturated heterocycles. The van der Waals surface area contributed by atoms with E-state index < -0.39 is 5.97 Å². The SMILES string of the molecule is CC(C)CCn1c(C(C)C)nc2scc(C(=O)O)c2c1=O. The lowest BCUT2D eigenvalue weighted by molar-refractivity contribution is 0.0699. The minimum Gasteiger partial charge on any atom is -0.478 e. The van der Waals surface area contributed by atoms with Crippen LogP contribution in [0.2, 0.25) is 0 Å². The topological polar surface area (TPSA) is 72.2 Å². The Bertz CT molecular complexity index is 728. The molecular weight excluding hydrogens is 288 g/mol. The first-order chi connectivity index (χ1) is 9.82. The smallest absolute Gasteiger partial charge is 0.337 e. The number of fused-ring (bicyclic) bond motifs is 1. The summed E-state index contributed by atoms with van der Waals surface area (Å²) >= 11 is 1.22. The van der Waals surface area contributed by atoms with Crippen LogP contribution in [0.25, 0.3) is 10.2 Å². The molecule has 2 aromatic rings. The quantitative estimate of drug-likeness (QED) is 0.919. The minimum absolute atomic E-state index is 0.0566. The van der Waals surface area contributed by atoms with E-state index in [1.165, 1.54) is 16.7 Å². The summed E-state index contributed by atoms with van der Waals surface area (Å²) in [4.78, 5) is 29.0. The maximum absolute atomic E-state index is 12.7. The van der Waals surface area contributed by atoms with Crippen molar-refractivity contribution >= 4 is 27.5 Å². The van der Waals surface area contributed by atoms with Gasteiger partial charge in [-0.15, -0.1) is 11.3 Å². The van der Waals surface area contributed by atoms with E-state index in [1.54, 1.807) is 4.57 Å². The molecule has 21 heavy (non-hydrogen) atoms. The molecule has 0 saturated carbocycles. The predicted octanol–water partition coefficient (Wildman–Crippen LogP) is 3.33. The van der Waals surface area contributed by atoms with Crippen LogP contribution in [0.1, 0.15) is 56.2 Å². The second kappa shape index (κ2) is 5.97. The van der Waals surface area contributed by atoms with Crippen LogP contribution in [0, 0.1) is 5.92 Å². The Balaban J connectivity index is 2.70. The van der Waals surface area contributed by atoms with E-state index in [0.29, 0.717) is 17.3 Å². The molecule has 5 nitrogen and oxygen atoms in total. The molecule has 114 valence electrons. The average molecular weight is 308 g/mol. The van der Waals surface area contributed by atoms with Gasteiger partial charge in [0.25, 0.3) is 5.56 Å². The number of thiophene rings is 1. The first kappa shape index (κ1) is 15.7. The lowest BCUT2D eigenvalue weighted by Gasteiger charge is -2.16. The highest BCUT2D eigenvalue weighted by Crippen LogP contribution is 2.24. The van der Waals surface area contributed by atoms with E-state index in [1.807, 2.05) is 13.8 Å². The van der Waals surface area contributed by atoms with Crippen molar-refractivity contribution in [1.29, 1.82) is 0 Å². The minimum atomic E-state index is -1.08. The predicted molar refractivity (Wildman–Crippen MR) is 84.4 cm³/mol. The first-order valence-electron chi connectivity index (χ1n) is 7.08. The number of aromatic carboxylic acids is 1. The zero-order valence-electron chi connectivity index (χ0n) is 12.7. The zero-order chi connectivity index (χ0) is 15.7. The molecule has 0 spiro atoms. The molecule has 0 amide bonds. The second-order valence-electron chi connectivity index (χ2n) is 5.90. The largest absolute Gasteiger partial charge is 0.478 e. The van der Waals surface area contributed by atoms with Gasteiger partial charge in [0, 0.05) is 17.8 Å². The number of rotatable bonds is 5. The molecule has 0 aliphatic heterocycles. The van der Waals surface area contributed by atoms with Crippen LogP contribution in [0.5, 0.6) is 0 Å². The van der Waals surface area contributed by atoms with Crippen LogP contribution in [-0.2, 0) is 6.54 Å². The Labute approximate surface area is 127 Å². The molecule has 1 N–H and O–H groups in total. The number of carbonyl (C=O) groups is 1. The van der Waals surface area contributed by atoms with E-state index in [4.69, 9.17) is 0 Å². The third kappa shape index (κ3) is 3.00. The second-order valence-corrected chi connectivity index (χ2v) is 6.76. The van der Waals surface area contributed by atoms with Gasteiger partial charge in [-0.1, -0.05) is 27.7 Å². The van der Waals surface area contributed by atoms with Gasteiger partial charge in [-0.3, -0.25) is 9.36 Å².